The number of piperidine rings is 1. The summed E-state index contributed by atoms with van der Waals surface area (Å²) in [5.41, 5.74) is 0.411. The van der Waals surface area contributed by atoms with Crippen molar-refractivity contribution < 1.29 is 9.59 Å². The van der Waals surface area contributed by atoms with E-state index in [1.165, 1.54) is 0 Å². The van der Waals surface area contributed by atoms with Crippen LogP contribution in [0.2, 0.25) is 10.0 Å². The first-order valence-electron chi connectivity index (χ1n) is 10.4. The molecule has 1 saturated heterocycles. The molecule has 29 heavy (non-hydrogen) atoms. The number of nitrogens with one attached hydrogen (secondary N) is 2. The molecule has 3 rings (SSSR count). The predicted octanol–water partition coefficient (Wildman–Crippen LogP) is 4.27. The van der Waals surface area contributed by atoms with Gasteiger partial charge in [0, 0.05) is 27.2 Å². The van der Waals surface area contributed by atoms with E-state index in [-0.39, 0.29) is 28.8 Å². The Labute approximate surface area is 183 Å². The summed E-state index contributed by atoms with van der Waals surface area (Å²) in [5, 5.41) is 7.20. The first-order chi connectivity index (χ1) is 13.6. The Morgan fingerprint density at radius 1 is 1.10 bits per heavy atom. The van der Waals surface area contributed by atoms with Gasteiger partial charge in [-0.2, -0.15) is 0 Å². The van der Waals surface area contributed by atoms with E-state index >= 15 is 0 Å². The summed E-state index contributed by atoms with van der Waals surface area (Å²) in [6.45, 7) is 8.18. The highest BCUT2D eigenvalue weighted by atomic mass is 35.5. The number of carbonyl (C=O) groups is 2. The predicted molar refractivity (Wildman–Crippen MR) is 118 cm³/mol. The van der Waals surface area contributed by atoms with Crippen LogP contribution in [0.25, 0.3) is 0 Å². The van der Waals surface area contributed by atoms with Crippen LogP contribution in [0, 0.1) is 5.41 Å². The topological polar surface area (TPSA) is 61.4 Å². The molecule has 1 aliphatic carbocycles. The minimum atomic E-state index is -0.210. The van der Waals surface area contributed by atoms with Crippen LogP contribution in [0.1, 0.15) is 63.2 Å². The average molecular weight is 440 g/mol. The monoisotopic (exact) mass is 439 g/mol. The zero-order valence-corrected chi connectivity index (χ0v) is 19.0. The third kappa shape index (κ3) is 5.87. The van der Waals surface area contributed by atoms with Gasteiger partial charge in [-0.3, -0.25) is 14.5 Å². The van der Waals surface area contributed by atoms with Gasteiger partial charge in [0.25, 0.3) is 5.91 Å². The van der Waals surface area contributed by atoms with E-state index in [0.29, 0.717) is 22.2 Å². The van der Waals surface area contributed by atoms with Gasteiger partial charge in [0.1, 0.15) is 0 Å². The Hall–Kier alpha value is -1.30. The Morgan fingerprint density at radius 3 is 2.31 bits per heavy atom. The Bertz CT molecular complexity index is 748. The molecule has 2 N–H and O–H groups in total. The SMILES string of the molecule is CC(C)(C)NC(=O)CN1CCC2(CCCC2NC(=O)c2cc(Cl)cc(Cl)c2)CC1. The van der Waals surface area contributed by atoms with Crippen LogP contribution in [-0.4, -0.2) is 47.9 Å². The van der Waals surface area contributed by atoms with Crippen molar-refractivity contribution in [2.75, 3.05) is 19.6 Å². The fourth-order valence-corrected chi connectivity index (χ4v) is 5.23. The lowest BCUT2D eigenvalue weighted by Crippen LogP contribution is -2.52. The molecule has 1 aromatic carbocycles. The van der Waals surface area contributed by atoms with Gasteiger partial charge in [-0.15, -0.1) is 0 Å². The molecule has 5 nitrogen and oxygen atoms in total. The minimum absolute atomic E-state index is 0.0718. The van der Waals surface area contributed by atoms with Gasteiger partial charge < -0.3 is 10.6 Å². The third-order valence-electron chi connectivity index (χ3n) is 6.07. The molecule has 1 heterocycles. The normalized spacial score (nSPS) is 21.9. The lowest BCUT2D eigenvalue weighted by atomic mass is 9.74. The molecule has 2 aliphatic rings. The molecule has 1 unspecified atom stereocenters. The molecule has 160 valence electrons. The summed E-state index contributed by atoms with van der Waals surface area (Å²) in [7, 11) is 0. The average Bonchev–Trinajstić information content (AvgIpc) is 2.96. The first kappa shape index (κ1) is 22.4. The number of rotatable bonds is 4. The zero-order chi connectivity index (χ0) is 21.2. The molecule has 1 aromatic rings. The number of nitrogens with zero attached hydrogens (tertiary/aromatic N) is 1. The maximum Gasteiger partial charge on any atom is 0.251 e. The van der Waals surface area contributed by atoms with Crippen molar-refractivity contribution >= 4 is 35.0 Å². The Morgan fingerprint density at radius 2 is 1.72 bits per heavy atom. The number of likely N-dealkylation sites (tertiary alicyclic amines) is 1. The van der Waals surface area contributed by atoms with E-state index in [0.717, 1.165) is 45.2 Å². The van der Waals surface area contributed by atoms with Gasteiger partial charge in [0.15, 0.2) is 0 Å². The zero-order valence-electron chi connectivity index (χ0n) is 17.5. The second-order valence-electron chi connectivity index (χ2n) is 9.51. The quantitative estimate of drug-likeness (QED) is 0.735. The molecule has 0 radical (unpaired) electrons. The molecule has 2 fully saturated rings. The number of hydrogen-bond acceptors (Lipinski definition) is 3. The van der Waals surface area contributed by atoms with Crippen LogP contribution in [0.15, 0.2) is 18.2 Å². The van der Waals surface area contributed by atoms with Crippen LogP contribution >= 0.6 is 23.2 Å². The first-order valence-corrected chi connectivity index (χ1v) is 11.1. The molecule has 1 saturated carbocycles. The van der Waals surface area contributed by atoms with Gasteiger partial charge in [-0.1, -0.05) is 29.6 Å². The molecule has 7 heteroatoms. The lowest BCUT2D eigenvalue weighted by molar-refractivity contribution is -0.124. The van der Waals surface area contributed by atoms with Crippen LogP contribution in [-0.2, 0) is 4.79 Å². The fourth-order valence-electron chi connectivity index (χ4n) is 4.71. The molecule has 1 atom stereocenters. The van der Waals surface area contributed by atoms with Crippen LogP contribution in [0.5, 0.6) is 0 Å². The van der Waals surface area contributed by atoms with Gasteiger partial charge in [-0.05, 0) is 83.2 Å². The van der Waals surface area contributed by atoms with E-state index in [2.05, 4.69) is 15.5 Å². The number of carbonyl (C=O) groups excluding carboxylic acids is 2. The standard InChI is InChI=1S/C22H31Cl2N3O2/c1-21(2,3)26-19(28)14-27-9-7-22(8-10-27)6-4-5-18(22)25-20(29)15-11-16(23)13-17(24)12-15/h11-13,18H,4-10,14H2,1-3H3,(H,25,29)(H,26,28). The maximum absolute atomic E-state index is 12.8. The summed E-state index contributed by atoms with van der Waals surface area (Å²) >= 11 is 12.1. The van der Waals surface area contributed by atoms with Crippen molar-refractivity contribution in [2.24, 2.45) is 5.41 Å². The fraction of sp³-hybridized carbons (Fsp3) is 0.636. The van der Waals surface area contributed by atoms with Crippen molar-refractivity contribution in [3.8, 4) is 0 Å². The Balaban J connectivity index is 1.58. The third-order valence-corrected chi connectivity index (χ3v) is 6.51. The lowest BCUT2D eigenvalue weighted by Gasteiger charge is -2.43. The minimum Gasteiger partial charge on any atom is -0.350 e. The Kier molecular flexibility index (Phi) is 6.81. The largest absolute Gasteiger partial charge is 0.350 e. The maximum atomic E-state index is 12.8. The van der Waals surface area contributed by atoms with Crippen molar-refractivity contribution in [1.82, 2.24) is 15.5 Å². The van der Waals surface area contributed by atoms with E-state index in [4.69, 9.17) is 23.2 Å². The molecule has 0 bridgehead atoms. The second kappa shape index (κ2) is 8.83. The number of halogens is 2. The van der Waals surface area contributed by atoms with E-state index in [1.807, 2.05) is 20.8 Å². The van der Waals surface area contributed by atoms with Crippen molar-refractivity contribution in [2.45, 2.75) is 64.5 Å². The second-order valence-corrected chi connectivity index (χ2v) is 10.4. The van der Waals surface area contributed by atoms with Gasteiger partial charge in [0.05, 0.1) is 6.54 Å². The highest BCUT2D eigenvalue weighted by molar-refractivity contribution is 6.35. The van der Waals surface area contributed by atoms with E-state index in [1.54, 1.807) is 18.2 Å². The molecule has 0 aromatic heterocycles. The van der Waals surface area contributed by atoms with E-state index in [9.17, 15) is 9.59 Å². The van der Waals surface area contributed by atoms with Crippen molar-refractivity contribution in [3.63, 3.8) is 0 Å². The molecule has 2 amide bonds. The summed E-state index contributed by atoms with van der Waals surface area (Å²) in [4.78, 5) is 27.2. The molecular weight excluding hydrogens is 409 g/mol. The van der Waals surface area contributed by atoms with E-state index < -0.39 is 0 Å². The molecule has 1 aliphatic heterocycles. The number of amides is 2. The van der Waals surface area contributed by atoms with Gasteiger partial charge in [-0.25, -0.2) is 0 Å². The summed E-state index contributed by atoms with van der Waals surface area (Å²) in [6.07, 6.45) is 5.22. The summed E-state index contributed by atoms with van der Waals surface area (Å²) in [5.74, 6) is -0.0461. The summed E-state index contributed by atoms with van der Waals surface area (Å²) in [6, 6.07) is 5.09. The molecular formula is C22H31Cl2N3O2. The van der Waals surface area contributed by atoms with Gasteiger partial charge >= 0.3 is 0 Å². The highest BCUT2D eigenvalue weighted by Crippen LogP contribution is 2.46. The highest BCUT2D eigenvalue weighted by Gasteiger charge is 2.45. The number of benzene rings is 1. The van der Waals surface area contributed by atoms with Crippen molar-refractivity contribution in [1.29, 1.82) is 0 Å². The smallest absolute Gasteiger partial charge is 0.251 e. The van der Waals surface area contributed by atoms with Crippen LogP contribution in [0.4, 0.5) is 0 Å². The summed E-state index contributed by atoms with van der Waals surface area (Å²) < 4.78 is 0. The van der Waals surface area contributed by atoms with Crippen LogP contribution < -0.4 is 10.6 Å². The molecule has 1 spiro atoms. The van der Waals surface area contributed by atoms with Gasteiger partial charge in [0.2, 0.25) is 5.91 Å². The van der Waals surface area contributed by atoms with Crippen molar-refractivity contribution in [3.05, 3.63) is 33.8 Å². The number of hydrogen-bond donors (Lipinski definition) is 2. The van der Waals surface area contributed by atoms with Crippen LogP contribution in [0.3, 0.4) is 0 Å².